The summed E-state index contributed by atoms with van der Waals surface area (Å²) in [6.45, 7) is 18.9. The van der Waals surface area contributed by atoms with Gasteiger partial charge >= 0.3 is 0 Å². The molecule has 0 amide bonds. The standard InChI is InChI=1S/C35H70O14/c1-3-36-17-18-37-10-6-11-38-19-23-43-24-20-39-12-7-13-40-21-25-44-26-22-41-14-8-15-42-29-31-47-34(2)33-46-28-27-45-30-32-49-35-9-4-5-16-48-35/h34-35H,3-33H2,1-2H3. The average Bonchev–Trinajstić information content (AvgIpc) is 3.12. The van der Waals surface area contributed by atoms with Gasteiger partial charge in [-0.2, -0.15) is 0 Å². The molecule has 1 heterocycles. The zero-order valence-electron chi connectivity index (χ0n) is 30.8. The van der Waals surface area contributed by atoms with Gasteiger partial charge < -0.3 is 66.3 Å². The molecule has 14 heteroatoms. The Balaban J connectivity index is 1.63. The van der Waals surface area contributed by atoms with Gasteiger partial charge in [0.1, 0.15) is 0 Å². The molecule has 1 saturated heterocycles. The largest absolute Gasteiger partial charge is 0.379 e. The Morgan fingerprint density at radius 1 is 0.449 bits per heavy atom. The second kappa shape index (κ2) is 40.2. The summed E-state index contributed by atoms with van der Waals surface area (Å²) in [6, 6.07) is 0. The molecule has 1 aliphatic rings. The first-order valence-corrected chi connectivity index (χ1v) is 18.5. The Hall–Kier alpha value is -0.560. The van der Waals surface area contributed by atoms with Crippen LogP contribution in [0.15, 0.2) is 0 Å². The maximum Gasteiger partial charge on any atom is 0.157 e. The predicted molar refractivity (Wildman–Crippen MR) is 183 cm³/mol. The van der Waals surface area contributed by atoms with Crippen molar-refractivity contribution in [1.82, 2.24) is 0 Å². The normalized spacial score (nSPS) is 15.7. The first-order valence-electron chi connectivity index (χ1n) is 18.5. The van der Waals surface area contributed by atoms with Crippen molar-refractivity contribution in [3.63, 3.8) is 0 Å². The third-order valence-corrected chi connectivity index (χ3v) is 6.82. The number of hydrogen-bond acceptors (Lipinski definition) is 14. The highest BCUT2D eigenvalue weighted by atomic mass is 16.7. The molecule has 0 saturated carbocycles. The van der Waals surface area contributed by atoms with Crippen molar-refractivity contribution >= 4 is 0 Å². The van der Waals surface area contributed by atoms with Crippen molar-refractivity contribution in [2.75, 3.05) is 165 Å². The van der Waals surface area contributed by atoms with Gasteiger partial charge in [-0.1, -0.05) is 0 Å². The quantitative estimate of drug-likeness (QED) is 0.0859. The summed E-state index contributed by atoms with van der Waals surface area (Å²) in [4.78, 5) is 0. The highest BCUT2D eigenvalue weighted by Gasteiger charge is 2.13. The molecule has 0 bridgehead atoms. The molecule has 0 radical (unpaired) electrons. The molecule has 2 atom stereocenters. The van der Waals surface area contributed by atoms with Gasteiger partial charge in [-0.15, -0.1) is 0 Å². The van der Waals surface area contributed by atoms with Gasteiger partial charge in [-0.3, -0.25) is 0 Å². The number of rotatable bonds is 41. The Morgan fingerprint density at radius 3 is 1.27 bits per heavy atom. The maximum absolute atomic E-state index is 5.72. The molecule has 0 aliphatic carbocycles. The van der Waals surface area contributed by atoms with E-state index >= 15 is 0 Å². The average molecular weight is 715 g/mol. The molecular formula is C35H70O14. The molecular weight excluding hydrogens is 644 g/mol. The molecule has 0 aromatic carbocycles. The lowest BCUT2D eigenvalue weighted by atomic mass is 10.2. The minimum Gasteiger partial charge on any atom is -0.379 e. The Morgan fingerprint density at radius 2 is 0.837 bits per heavy atom. The van der Waals surface area contributed by atoms with Crippen molar-refractivity contribution in [3.8, 4) is 0 Å². The fraction of sp³-hybridized carbons (Fsp3) is 1.00. The fourth-order valence-electron chi connectivity index (χ4n) is 4.25. The van der Waals surface area contributed by atoms with Gasteiger partial charge in [0.15, 0.2) is 6.29 Å². The fourth-order valence-corrected chi connectivity index (χ4v) is 4.25. The van der Waals surface area contributed by atoms with Crippen molar-refractivity contribution in [2.45, 2.75) is 64.8 Å². The molecule has 2 unspecified atom stereocenters. The van der Waals surface area contributed by atoms with Gasteiger partial charge in [0.05, 0.1) is 118 Å². The second-order valence-corrected chi connectivity index (χ2v) is 11.2. The first kappa shape index (κ1) is 46.5. The van der Waals surface area contributed by atoms with Gasteiger partial charge in [0.2, 0.25) is 0 Å². The van der Waals surface area contributed by atoms with E-state index in [0.29, 0.717) is 152 Å². The van der Waals surface area contributed by atoms with Crippen molar-refractivity contribution in [3.05, 3.63) is 0 Å². The third kappa shape index (κ3) is 37.0. The summed E-state index contributed by atoms with van der Waals surface area (Å²) in [6.07, 6.45) is 5.74. The van der Waals surface area contributed by atoms with Crippen LogP contribution in [0.1, 0.15) is 52.4 Å². The van der Waals surface area contributed by atoms with E-state index in [0.717, 1.165) is 45.3 Å². The summed E-state index contributed by atoms with van der Waals surface area (Å²) >= 11 is 0. The second-order valence-electron chi connectivity index (χ2n) is 11.2. The van der Waals surface area contributed by atoms with E-state index < -0.39 is 0 Å². The van der Waals surface area contributed by atoms with E-state index in [1.165, 1.54) is 6.42 Å². The van der Waals surface area contributed by atoms with Crippen molar-refractivity contribution in [1.29, 1.82) is 0 Å². The monoisotopic (exact) mass is 714 g/mol. The third-order valence-electron chi connectivity index (χ3n) is 6.82. The molecule has 1 aliphatic heterocycles. The van der Waals surface area contributed by atoms with Crippen LogP contribution in [-0.4, -0.2) is 178 Å². The Bertz CT molecular complexity index is 615. The highest BCUT2D eigenvalue weighted by Crippen LogP contribution is 2.13. The van der Waals surface area contributed by atoms with E-state index in [4.69, 9.17) is 66.3 Å². The summed E-state index contributed by atoms with van der Waals surface area (Å²) in [7, 11) is 0. The van der Waals surface area contributed by atoms with Crippen LogP contribution in [-0.2, 0) is 66.3 Å². The SMILES string of the molecule is CCOCCOCCCOCCOCCOCCCOCCOCCOCCCOCCOC(C)COCCOCCOC1CCCCO1. The molecule has 0 spiro atoms. The number of hydrogen-bond donors (Lipinski definition) is 0. The van der Waals surface area contributed by atoms with E-state index in [2.05, 4.69) is 0 Å². The summed E-state index contributed by atoms with van der Waals surface area (Å²) < 4.78 is 77.5. The molecule has 1 fully saturated rings. The smallest absolute Gasteiger partial charge is 0.157 e. The minimum absolute atomic E-state index is 0.00389. The molecule has 294 valence electrons. The number of ether oxygens (including phenoxy) is 14. The van der Waals surface area contributed by atoms with Crippen LogP contribution in [0, 0.1) is 0 Å². The van der Waals surface area contributed by atoms with E-state index in [-0.39, 0.29) is 12.4 Å². The van der Waals surface area contributed by atoms with Crippen LogP contribution >= 0.6 is 0 Å². The maximum atomic E-state index is 5.72. The van der Waals surface area contributed by atoms with Crippen LogP contribution < -0.4 is 0 Å². The highest BCUT2D eigenvalue weighted by molar-refractivity contribution is 4.54. The van der Waals surface area contributed by atoms with Crippen LogP contribution in [0.5, 0.6) is 0 Å². The predicted octanol–water partition coefficient (Wildman–Crippen LogP) is 3.31. The van der Waals surface area contributed by atoms with E-state index in [9.17, 15) is 0 Å². The molecule has 0 aromatic rings. The van der Waals surface area contributed by atoms with Gasteiger partial charge in [0, 0.05) is 52.9 Å². The lowest BCUT2D eigenvalue weighted by Gasteiger charge is -2.22. The molecule has 0 aromatic heterocycles. The van der Waals surface area contributed by atoms with Gasteiger partial charge in [-0.25, -0.2) is 0 Å². The zero-order valence-corrected chi connectivity index (χ0v) is 30.8. The topological polar surface area (TPSA) is 129 Å². The van der Waals surface area contributed by atoms with Crippen molar-refractivity contribution < 1.29 is 66.3 Å². The molecule has 49 heavy (non-hydrogen) atoms. The Labute approximate surface area is 296 Å². The van der Waals surface area contributed by atoms with Gasteiger partial charge in [-0.05, 0) is 52.4 Å². The zero-order chi connectivity index (χ0) is 35.0. The van der Waals surface area contributed by atoms with Crippen molar-refractivity contribution in [2.24, 2.45) is 0 Å². The summed E-state index contributed by atoms with van der Waals surface area (Å²) in [5.74, 6) is 0. The van der Waals surface area contributed by atoms with Crippen LogP contribution in [0.25, 0.3) is 0 Å². The molecule has 1 rings (SSSR count). The lowest BCUT2D eigenvalue weighted by molar-refractivity contribution is -0.169. The van der Waals surface area contributed by atoms with Crippen LogP contribution in [0.3, 0.4) is 0 Å². The van der Waals surface area contributed by atoms with Gasteiger partial charge in [0.25, 0.3) is 0 Å². The van der Waals surface area contributed by atoms with E-state index in [1.54, 1.807) is 0 Å². The van der Waals surface area contributed by atoms with Crippen LogP contribution in [0.4, 0.5) is 0 Å². The summed E-state index contributed by atoms with van der Waals surface area (Å²) in [5, 5.41) is 0. The van der Waals surface area contributed by atoms with E-state index in [1.807, 2.05) is 13.8 Å². The van der Waals surface area contributed by atoms with Crippen LogP contribution in [0.2, 0.25) is 0 Å². The molecule has 0 N–H and O–H groups in total. The summed E-state index contributed by atoms with van der Waals surface area (Å²) in [5.41, 5.74) is 0. The molecule has 14 nitrogen and oxygen atoms in total. The Kier molecular flexibility index (Phi) is 38.1. The minimum atomic E-state index is -0.0663. The first-order chi connectivity index (χ1) is 24.3. The lowest BCUT2D eigenvalue weighted by Crippen LogP contribution is -2.24.